The summed E-state index contributed by atoms with van der Waals surface area (Å²) in [7, 11) is 0. The Balaban J connectivity index is 1.79. The van der Waals surface area contributed by atoms with Gasteiger partial charge in [-0.2, -0.15) is 0 Å². The summed E-state index contributed by atoms with van der Waals surface area (Å²) in [4.78, 5) is 11.7. The van der Waals surface area contributed by atoms with E-state index in [1.54, 1.807) is 6.92 Å². The van der Waals surface area contributed by atoms with Gasteiger partial charge in [-0.05, 0) is 44.7 Å². The Kier molecular flexibility index (Phi) is 2.98. The van der Waals surface area contributed by atoms with Gasteiger partial charge in [-0.25, -0.2) is 0 Å². The number of aliphatic hydroxyl groups is 1. The van der Waals surface area contributed by atoms with Crippen molar-refractivity contribution in [3.63, 3.8) is 0 Å². The van der Waals surface area contributed by atoms with Crippen LogP contribution in [0.3, 0.4) is 0 Å². The molecule has 1 unspecified atom stereocenters. The summed E-state index contributed by atoms with van der Waals surface area (Å²) in [5.41, 5.74) is 0.300. The largest absolute Gasteiger partial charge is 0.392 e. The molecule has 0 aromatic carbocycles. The van der Waals surface area contributed by atoms with Gasteiger partial charge in [0, 0.05) is 12.5 Å². The highest BCUT2D eigenvalue weighted by molar-refractivity contribution is 5.82. The standard InChI is InChI=1S/C11H20N2O2/c1-8(14)7-13-10(15)9-6-11(9)2-4-12-5-3-11/h8-9,12,14H,2-7H2,1H3,(H,13,15)/t8-,9?/m1/s1. The molecule has 0 aromatic rings. The van der Waals surface area contributed by atoms with Gasteiger partial charge in [0.1, 0.15) is 0 Å². The van der Waals surface area contributed by atoms with Gasteiger partial charge < -0.3 is 15.7 Å². The van der Waals surface area contributed by atoms with Crippen LogP contribution in [-0.2, 0) is 4.79 Å². The fourth-order valence-corrected chi connectivity index (χ4v) is 2.57. The number of piperidine rings is 1. The summed E-state index contributed by atoms with van der Waals surface area (Å²) < 4.78 is 0. The topological polar surface area (TPSA) is 61.4 Å². The monoisotopic (exact) mass is 212 g/mol. The molecule has 1 saturated heterocycles. The van der Waals surface area contributed by atoms with Crippen LogP contribution < -0.4 is 10.6 Å². The van der Waals surface area contributed by atoms with Crippen LogP contribution in [0, 0.1) is 11.3 Å². The molecule has 1 amide bonds. The molecular weight excluding hydrogens is 192 g/mol. The maximum absolute atomic E-state index is 11.7. The number of carbonyl (C=O) groups excluding carboxylic acids is 1. The van der Waals surface area contributed by atoms with Crippen LogP contribution in [0.2, 0.25) is 0 Å². The number of amides is 1. The Morgan fingerprint density at radius 2 is 2.27 bits per heavy atom. The van der Waals surface area contributed by atoms with E-state index in [1.807, 2.05) is 0 Å². The molecule has 1 aliphatic heterocycles. The fraction of sp³-hybridized carbons (Fsp3) is 0.909. The number of carbonyl (C=O) groups is 1. The van der Waals surface area contributed by atoms with Gasteiger partial charge in [0.15, 0.2) is 0 Å². The second kappa shape index (κ2) is 4.10. The molecule has 2 aliphatic rings. The maximum Gasteiger partial charge on any atom is 0.223 e. The van der Waals surface area contributed by atoms with E-state index in [2.05, 4.69) is 10.6 Å². The summed E-state index contributed by atoms with van der Waals surface area (Å²) in [6.45, 7) is 4.15. The molecule has 86 valence electrons. The lowest BCUT2D eigenvalue weighted by Gasteiger charge is -2.23. The summed E-state index contributed by atoms with van der Waals surface area (Å²) in [5.74, 6) is 0.344. The third kappa shape index (κ3) is 2.32. The molecule has 0 radical (unpaired) electrons. The first-order chi connectivity index (χ1) is 7.14. The minimum Gasteiger partial charge on any atom is -0.392 e. The highest BCUT2D eigenvalue weighted by Gasteiger charge is 2.57. The van der Waals surface area contributed by atoms with Gasteiger partial charge in [-0.1, -0.05) is 0 Å². The van der Waals surface area contributed by atoms with Crippen molar-refractivity contribution in [1.29, 1.82) is 0 Å². The third-order valence-corrected chi connectivity index (χ3v) is 3.68. The molecule has 1 saturated carbocycles. The summed E-state index contributed by atoms with van der Waals surface area (Å²) in [6, 6.07) is 0. The van der Waals surface area contributed by atoms with Gasteiger partial charge in [-0.15, -0.1) is 0 Å². The first-order valence-corrected chi connectivity index (χ1v) is 5.80. The quantitative estimate of drug-likeness (QED) is 0.611. The van der Waals surface area contributed by atoms with E-state index in [4.69, 9.17) is 5.11 Å². The molecule has 4 heteroatoms. The zero-order valence-corrected chi connectivity index (χ0v) is 9.25. The summed E-state index contributed by atoms with van der Waals surface area (Å²) in [6.07, 6.45) is 2.84. The zero-order chi connectivity index (χ0) is 10.9. The van der Waals surface area contributed by atoms with Gasteiger partial charge >= 0.3 is 0 Å². The zero-order valence-electron chi connectivity index (χ0n) is 9.25. The molecule has 2 fully saturated rings. The third-order valence-electron chi connectivity index (χ3n) is 3.68. The lowest BCUT2D eigenvalue weighted by molar-refractivity contribution is -0.123. The Hall–Kier alpha value is -0.610. The Morgan fingerprint density at radius 3 is 2.87 bits per heavy atom. The molecule has 1 aliphatic carbocycles. The predicted octanol–water partition coefficient (Wildman–Crippen LogP) is -0.127. The maximum atomic E-state index is 11.7. The molecule has 1 heterocycles. The van der Waals surface area contributed by atoms with E-state index >= 15 is 0 Å². The first kappa shape index (κ1) is 10.9. The van der Waals surface area contributed by atoms with Crippen molar-refractivity contribution >= 4 is 5.91 Å². The van der Waals surface area contributed by atoms with Crippen molar-refractivity contribution in [3.05, 3.63) is 0 Å². The Bertz CT molecular complexity index is 247. The SMILES string of the molecule is C[C@@H](O)CNC(=O)C1CC12CCNCC2. The molecule has 4 nitrogen and oxygen atoms in total. The van der Waals surface area contributed by atoms with Crippen molar-refractivity contribution in [3.8, 4) is 0 Å². The molecule has 2 rings (SSSR count). The minimum atomic E-state index is -0.448. The van der Waals surface area contributed by atoms with Crippen LogP contribution in [-0.4, -0.2) is 36.8 Å². The van der Waals surface area contributed by atoms with Gasteiger partial charge in [-0.3, -0.25) is 4.79 Å². The smallest absolute Gasteiger partial charge is 0.223 e. The molecule has 2 atom stereocenters. The van der Waals surface area contributed by atoms with Gasteiger partial charge in [0.2, 0.25) is 5.91 Å². The number of aliphatic hydroxyl groups excluding tert-OH is 1. The van der Waals surface area contributed by atoms with Crippen molar-refractivity contribution in [2.75, 3.05) is 19.6 Å². The molecule has 0 bridgehead atoms. The minimum absolute atomic E-state index is 0.137. The van der Waals surface area contributed by atoms with Crippen LogP contribution in [0.1, 0.15) is 26.2 Å². The van der Waals surface area contributed by atoms with Gasteiger partial charge in [0.05, 0.1) is 6.10 Å². The Morgan fingerprint density at radius 1 is 1.60 bits per heavy atom. The van der Waals surface area contributed by atoms with Crippen molar-refractivity contribution in [2.24, 2.45) is 11.3 Å². The summed E-state index contributed by atoms with van der Waals surface area (Å²) in [5, 5.41) is 15.2. The van der Waals surface area contributed by atoms with Crippen molar-refractivity contribution in [1.82, 2.24) is 10.6 Å². The van der Waals surface area contributed by atoms with Crippen LogP contribution in [0.15, 0.2) is 0 Å². The average molecular weight is 212 g/mol. The molecular formula is C11H20N2O2. The second-order valence-electron chi connectivity index (χ2n) is 4.96. The average Bonchev–Trinajstić information content (AvgIpc) is 2.90. The van der Waals surface area contributed by atoms with E-state index in [0.29, 0.717) is 12.0 Å². The van der Waals surface area contributed by atoms with Crippen molar-refractivity contribution in [2.45, 2.75) is 32.3 Å². The van der Waals surface area contributed by atoms with Crippen LogP contribution >= 0.6 is 0 Å². The van der Waals surface area contributed by atoms with Crippen LogP contribution in [0.25, 0.3) is 0 Å². The second-order valence-corrected chi connectivity index (χ2v) is 4.96. The molecule has 15 heavy (non-hydrogen) atoms. The van der Waals surface area contributed by atoms with Crippen LogP contribution in [0.5, 0.6) is 0 Å². The number of rotatable bonds is 3. The Labute approximate surface area is 90.4 Å². The highest BCUT2D eigenvalue weighted by atomic mass is 16.3. The fourth-order valence-electron chi connectivity index (χ4n) is 2.57. The van der Waals surface area contributed by atoms with E-state index in [0.717, 1.165) is 32.4 Å². The normalized spacial score (nSPS) is 29.9. The van der Waals surface area contributed by atoms with Gasteiger partial charge in [0.25, 0.3) is 0 Å². The van der Waals surface area contributed by atoms with Crippen LogP contribution in [0.4, 0.5) is 0 Å². The first-order valence-electron chi connectivity index (χ1n) is 5.80. The lowest BCUT2D eigenvalue weighted by atomic mass is 9.92. The van der Waals surface area contributed by atoms with Crippen molar-refractivity contribution < 1.29 is 9.90 Å². The number of hydrogen-bond acceptors (Lipinski definition) is 3. The number of nitrogens with one attached hydrogen (secondary N) is 2. The van der Waals surface area contributed by atoms with E-state index in [1.165, 1.54) is 0 Å². The molecule has 3 N–H and O–H groups in total. The number of hydrogen-bond donors (Lipinski definition) is 3. The molecule has 0 aromatic heterocycles. The lowest BCUT2D eigenvalue weighted by Crippen LogP contribution is -2.36. The van der Waals surface area contributed by atoms with E-state index in [9.17, 15) is 4.79 Å². The van der Waals surface area contributed by atoms with E-state index in [-0.39, 0.29) is 11.8 Å². The highest BCUT2D eigenvalue weighted by Crippen LogP contribution is 2.58. The van der Waals surface area contributed by atoms with E-state index < -0.39 is 6.10 Å². The summed E-state index contributed by atoms with van der Waals surface area (Å²) >= 11 is 0. The molecule has 1 spiro atoms. The predicted molar refractivity (Wildman–Crippen MR) is 57.3 cm³/mol.